The van der Waals surface area contributed by atoms with Crippen LogP contribution in [0, 0.1) is 0 Å². The molecule has 1 aromatic carbocycles. The molecule has 1 heterocycles. The maximum Gasteiger partial charge on any atom is 0.325 e. The minimum atomic E-state index is -1.21. The Labute approximate surface area is 152 Å². The quantitative estimate of drug-likeness (QED) is 0.473. The Morgan fingerprint density at radius 2 is 1.96 bits per heavy atom. The van der Waals surface area contributed by atoms with Crippen LogP contribution in [-0.4, -0.2) is 49.5 Å². The zero-order chi connectivity index (χ0) is 17.7. The maximum atomic E-state index is 12.7. The highest BCUT2D eigenvalue weighted by Gasteiger charge is 2.49. The molecule has 138 valence electrons. The largest absolute Gasteiger partial charge is 0.497 e. The summed E-state index contributed by atoms with van der Waals surface area (Å²) in [5.74, 6) is -0.215. The smallest absolute Gasteiger partial charge is 0.325 e. The Morgan fingerprint density at radius 3 is 2.52 bits per heavy atom. The molecule has 1 aromatic rings. The lowest BCUT2D eigenvalue weighted by atomic mass is 9.92. The van der Waals surface area contributed by atoms with Crippen LogP contribution in [0.15, 0.2) is 24.3 Å². The summed E-state index contributed by atoms with van der Waals surface area (Å²) in [5.41, 5.74) is 4.76. The van der Waals surface area contributed by atoms with Crippen LogP contribution in [-0.2, 0) is 15.1 Å². The van der Waals surface area contributed by atoms with Gasteiger partial charge in [0.25, 0.3) is 5.91 Å². The molecule has 1 atom stereocenters. The molecule has 2 rings (SSSR count). The number of benzene rings is 1. The molecule has 0 bridgehead atoms. The molecule has 1 aliphatic rings. The second-order valence-electron chi connectivity index (χ2n) is 5.67. The molecule has 0 aromatic heterocycles. The molecule has 0 saturated carbocycles. The van der Waals surface area contributed by atoms with Gasteiger partial charge in [-0.2, -0.15) is 0 Å². The second kappa shape index (κ2) is 8.68. The second-order valence-corrected chi connectivity index (χ2v) is 5.67. The molecule has 0 aliphatic carbocycles. The molecule has 4 amide bonds. The summed E-state index contributed by atoms with van der Waals surface area (Å²) < 4.78 is 5.09. The van der Waals surface area contributed by atoms with E-state index in [-0.39, 0.29) is 19.0 Å². The van der Waals surface area contributed by atoms with E-state index in [1.807, 2.05) is 0 Å². The number of nitrogens with one attached hydrogen (secondary N) is 2. The van der Waals surface area contributed by atoms with Crippen molar-refractivity contribution in [1.29, 1.82) is 0 Å². The SMILES string of the molecule is COc1ccc(C2(C)NC(=O)N(CC(=O)NCCCN)C2=O)cc1.Cl. The fraction of sp³-hybridized carbons (Fsp3) is 0.438. The summed E-state index contributed by atoms with van der Waals surface area (Å²) in [7, 11) is 1.55. The van der Waals surface area contributed by atoms with Crippen molar-refractivity contribution in [1.82, 2.24) is 15.5 Å². The predicted octanol–water partition coefficient (Wildman–Crippen LogP) is 0.349. The number of nitrogens with two attached hydrogens (primary N) is 1. The molecule has 1 fully saturated rings. The van der Waals surface area contributed by atoms with Gasteiger partial charge in [-0.1, -0.05) is 12.1 Å². The van der Waals surface area contributed by atoms with Gasteiger partial charge in [-0.05, 0) is 37.6 Å². The molecule has 25 heavy (non-hydrogen) atoms. The van der Waals surface area contributed by atoms with E-state index in [1.54, 1.807) is 38.3 Å². The third-order valence-corrected chi connectivity index (χ3v) is 3.95. The summed E-state index contributed by atoms with van der Waals surface area (Å²) in [6, 6.07) is 6.25. The van der Waals surface area contributed by atoms with Crippen molar-refractivity contribution in [3.05, 3.63) is 29.8 Å². The number of halogens is 1. The maximum absolute atomic E-state index is 12.7. The van der Waals surface area contributed by atoms with E-state index in [2.05, 4.69) is 10.6 Å². The number of hydrogen-bond donors (Lipinski definition) is 3. The van der Waals surface area contributed by atoms with Crippen LogP contribution in [0.1, 0.15) is 18.9 Å². The topological polar surface area (TPSA) is 114 Å². The molecule has 0 radical (unpaired) electrons. The van der Waals surface area contributed by atoms with Crippen molar-refractivity contribution in [3.63, 3.8) is 0 Å². The fourth-order valence-corrected chi connectivity index (χ4v) is 2.49. The van der Waals surface area contributed by atoms with E-state index >= 15 is 0 Å². The minimum Gasteiger partial charge on any atom is -0.497 e. The van der Waals surface area contributed by atoms with E-state index in [0.29, 0.717) is 30.8 Å². The molecule has 0 spiro atoms. The van der Waals surface area contributed by atoms with Crippen LogP contribution < -0.4 is 21.1 Å². The van der Waals surface area contributed by atoms with Gasteiger partial charge in [0.15, 0.2) is 0 Å². The van der Waals surface area contributed by atoms with Gasteiger partial charge in [-0.25, -0.2) is 4.79 Å². The van der Waals surface area contributed by atoms with Crippen molar-refractivity contribution in [3.8, 4) is 5.75 Å². The van der Waals surface area contributed by atoms with Gasteiger partial charge in [-0.15, -0.1) is 12.4 Å². The summed E-state index contributed by atoms with van der Waals surface area (Å²) in [6.07, 6.45) is 0.634. The van der Waals surface area contributed by atoms with Crippen LogP contribution in [0.2, 0.25) is 0 Å². The zero-order valence-corrected chi connectivity index (χ0v) is 15.0. The standard InChI is InChI=1S/C16H22N4O4.ClH/c1-16(11-4-6-12(24-2)7-5-11)14(22)20(15(23)19-16)10-13(21)18-9-3-8-17;/h4-7H,3,8-10,17H2,1-2H3,(H,18,21)(H,19,23);1H. The molecule has 8 nitrogen and oxygen atoms in total. The third kappa shape index (κ3) is 4.40. The Balaban J connectivity index is 0.00000312. The van der Waals surface area contributed by atoms with E-state index in [4.69, 9.17) is 10.5 Å². The number of carbonyl (C=O) groups is 3. The number of imide groups is 1. The van der Waals surface area contributed by atoms with Gasteiger partial charge in [-0.3, -0.25) is 14.5 Å². The Hall–Kier alpha value is -2.32. The lowest BCUT2D eigenvalue weighted by Crippen LogP contribution is -2.43. The van der Waals surface area contributed by atoms with Crippen molar-refractivity contribution in [2.24, 2.45) is 5.73 Å². The number of hydrogen-bond acceptors (Lipinski definition) is 5. The van der Waals surface area contributed by atoms with Gasteiger partial charge in [0.1, 0.15) is 17.8 Å². The number of methoxy groups -OCH3 is 1. The van der Waals surface area contributed by atoms with Gasteiger partial charge >= 0.3 is 6.03 Å². The van der Waals surface area contributed by atoms with E-state index in [1.165, 1.54) is 0 Å². The average Bonchev–Trinajstić information content (AvgIpc) is 2.79. The molecule has 1 unspecified atom stereocenters. The summed E-state index contributed by atoms with van der Waals surface area (Å²) in [5, 5.41) is 5.28. The van der Waals surface area contributed by atoms with Gasteiger partial charge in [0.2, 0.25) is 5.91 Å². The highest BCUT2D eigenvalue weighted by atomic mass is 35.5. The fourth-order valence-electron chi connectivity index (χ4n) is 2.49. The van der Waals surface area contributed by atoms with E-state index in [9.17, 15) is 14.4 Å². The first-order chi connectivity index (χ1) is 11.4. The zero-order valence-electron chi connectivity index (χ0n) is 14.2. The normalized spacial score (nSPS) is 19.2. The third-order valence-electron chi connectivity index (χ3n) is 3.95. The van der Waals surface area contributed by atoms with Crippen molar-refractivity contribution in [2.75, 3.05) is 26.7 Å². The first-order valence-corrected chi connectivity index (χ1v) is 7.67. The monoisotopic (exact) mass is 370 g/mol. The van der Waals surface area contributed by atoms with Gasteiger partial charge < -0.3 is 21.1 Å². The highest BCUT2D eigenvalue weighted by molar-refractivity contribution is 6.09. The van der Waals surface area contributed by atoms with Crippen molar-refractivity contribution < 1.29 is 19.1 Å². The van der Waals surface area contributed by atoms with Crippen molar-refractivity contribution >= 4 is 30.3 Å². The van der Waals surface area contributed by atoms with E-state index in [0.717, 1.165) is 4.90 Å². The lowest BCUT2D eigenvalue weighted by Gasteiger charge is -2.22. The summed E-state index contributed by atoms with van der Waals surface area (Å²) in [4.78, 5) is 37.6. The number of rotatable bonds is 7. The number of ether oxygens (including phenoxy) is 1. The molecule has 1 aliphatic heterocycles. The van der Waals surface area contributed by atoms with Crippen LogP contribution in [0.5, 0.6) is 5.75 Å². The Kier molecular flexibility index (Phi) is 7.20. The summed E-state index contributed by atoms with van der Waals surface area (Å²) >= 11 is 0. The van der Waals surface area contributed by atoms with Crippen LogP contribution >= 0.6 is 12.4 Å². The van der Waals surface area contributed by atoms with Crippen molar-refractivity contribution in [2.45, 2.75) is 18.9 Å². The van der Waals surface area contributed by atoms with Crippen LogP contribution in [0.25, 0.3) is 0 Å². The highest BCUT2D eigenvalue weighted by Crippen LogP contribution is 2.29. The predicted molar refractivity (Wildman–Crippen MR) is 94.5 cm³/mol. The molecular formula is C16H23ClN4O4. The van der Waals surface area contributed by atoms with Crippen LogP contribution in [0.4, 0.5) is 4.79 Å². The number of nitrogens with zero attached hydrogens (tertiary/aromatic N) is 1. The average molecular weight is 371 g/mol. The van der Waals surface area contributed by atoms with E-state index < -0.39 is 23.4 Å². The van der Waals surface area contributed by atoms with Gasteiger partial charge in [0.05, 0.1) is 7.11 Å². The van der Waals surface area contributed by atoms with Gasteiger partial charge in [0, 0.05) is 6.54 Å². The first kappa shape index (κ1) is 20.7. The number of amides is 4. The molecule has 4 N–H and O–H groups in total. The minimum absolute atomic E-state index is 0. The molecule has 1 saturated heterocycles. The number of carbonyl (C=O) groups excluding carboxylic acids is 3. The Morgan fingerprint density at radius 1 is 1.32 bits per heavy atom. The number of urea groups is 1. The molecule has 9 heteroatoms. The Bertz CT molecular complexity index is 638. The lowest BCUT2D eigenvalue weighted by molar-refractivity contribution is -0.134. The summed E-state index contributed by atoms with van der Waals surface area (Å²) in [6.45, 7) is 2.16. The molecular weight excluding hydrogens is 348 g/mol. The van der Waals surface area contributed by atoms with Crippen LogP contribution in [0.3, 0.4) is 0 Å². The first-order valence-electron chi connectivity index (χ1n) is 7.67.